The molecule has 0 radical (unpaired) electrons. The van der Waals surface area contributed by atoms with Crippen LogP contribution in [0.25, 0.3) is 0 Å². The van der Waals surface area contributed by atoms with Gasteiger partial charge in [0, 0.05) is 19.3 Å². The molecule has 478 valence electrons. The minimum atomic E-state index is -0.786. The number of hydrogen-bond donors (Lipinski definition) is 0. The van der Waals surface area contributed by atoms with E-state index < -0.39 is 6.10 Å². The van der Waals surface area contributed by atoms with Gasteiger partial charge in [0.05, 0.1) is 0 Å². The Balaban J connectivity index is 4.24. The first-order chi connectivity index (χ1) is 41.0. The highest BCUT2D eigenvalue weighted by Gasteiger charge is 2.19. The highest BCUT2D eigenvalue weighted by atomic mass is 16.6. The summed E-state index contributed by atoms with van der Waals surface area (Å²) in [5.74, 6) is -0.882. The van der Waals surface area contributed by atoms with Gasteiger partial charge in [-0.15, -0.1) is 0 Å². The second kappa shape index (κ2) is 70.8. The standard InChI is InChI=1S/C77H134O6/c1-4-7-10-13-16-19-22-25-28-30-32-33-34-35-36-37-38-39-40-41-42-43-45-46-49-52-55-58-61-64-67-70-76(79)82-73-74(72-81-75(78)69-66-63-60-57-54-51-48-27-24-21-18-15-12-9-6-3)83-77(80)71-68-65-62-59-56-53-50-47-44-31-29-26-23-20-17-14-11-8-5-2/h7,9-10,12,16,18-19,21,25-29,32-33,48,74H,4-6,8,11,13-15,17,20,22-24,30-31,34-47,49-73H2,1-3H3/b10-7-,12-9-,19-16-,21-18-,28-25-,29-26-,33-32-,48-27-. The fourth-order valence-corrected chi connectivity index (χ4v) is 10.3. The van der Waals surface area contributed by atoms with E-state index in [1.807, 2.05) is 0 Å². The van der Waals surface area contributed by atoms with Crippen molar-refractivity contribution in [2.45, 2.75) is 361 Å². The predicted octanol–water partition coefficient (Wildman–Crippen LogP) is 24.8. The fraction of sp³-hybridized carbons (Fsp3) is 0.753. The van der Waals surface area contributed by atoms with Gasteiger partial charge in [-0.2, -0.15) is 0 Å². The largest absolute Gasteiger partial charge is 0.462 e. The lowest BCUT2D eigenvalue weighted by Gasteiger charge is -2.18. The van der Waals surface area contributed by atoms with Crippen molar-refractivity contribution in [3.63, 3.8) is 0 Å². The minimum Gasteiger partial charge on any atom is -0.462 e. The fourth-order valence-electron chi connectivity index (χ4n) is 10.3. The first kappa shape index (κ1) is 79.3. The van der Waals surface area contributed by atoms with Gasteiger partial charge in [0.25, 0.3) is 0 Å². The van der Waals surface area contributed by atoms with Crippen LogP contribution < -0.4 is 0 Å². The molecule has 0 bridgehead atoms. The van der Waals surface area contributed by atoms with Gasteiger partial charge < -0.3 is 14.2 Å². The third kappa shape index (κ3) is 69.0. The molecule has 0 aromatic rings. The average molecular weight is 1160 g/mol. The van der Waals surface area contributed by atoms with Crippen molar-refractivity contribution in [1.29, 1.82) is 0 Å². The van der Waals surface area contributed by atoms with Crippen LogP contribution in [0.15, 0.2) is 97.2 Å². The third-order valence-corrected chi connectivity index (χ3v) is 15.6. The SMILES string of the molecule is CC/C=C\C/C=C\C/C=C\C/C=C\CCCCCCCCCCCCCCCCCCCCC(=O)OCC(COC(=O)CCCCCCC/C=C\C/C=C\C/C=C\CC)OC(=O)CCCCCCCCCCC/C=C\CCCCCCCC. The molecule has 1 atom stereocenters. The Morgan fingerprint density at radius 2 is 0.470 bits per heavy atom. The normalized spacial score (nSPS) is 12.7. The summed E-state index contributed by atoms with van der Waals surface area (Å²) < 4.78 is 17.0. The second-order valence-corrected chi connectivity index (χ2v) is 23.7. The van der Waals surface area contributed by atoms with Crippen LogP contribution in [0.4, 0.5) is 0 Å². The van der Waals surface area contributed by atoms with E-state index in [4.69, 9.17) is 14.2 Å². The molecule has 0 aliphatic carbocycles. The molecule has 0 saturated carbocycles. The van der Waals surface area contributed by atoms with E-state index in [1.165, 1.54) is 193 Å². The molecule has 0 heterocycles. The highest BCUT2D eigenvalue weighted by molar-refractivity contribution is 5.71. The molecule has 0 N–H and O–H groups in total. The Hall–Kier alpha value is -3.67. The minimum absolute atomic E-state index is 0.0804. The summed E-state index contributed by atoms with van der Waals surface area (Å²) in [5, 5.41) is 0. The quantitative estimate of drug-likeness (QED) is 0.0261. The molecule has 0 spiro atoms. The summed E-state index contributed by atoms with van der Waals surface area (Å²) in [6.45, 7) is 6.44. The van der Waals surface area contributed by atoms with E-state index in [-0.39, 0.29) is 31.1 Å². The van der Waals surface area contributed by atoms with Crippen LogP contribution in [0.5, 0.6) is 0 Å². The third-order valence-electron chi connectivity index (χ3n) is 15.6. The number of carbonyl (C=O) groups is 3. The van der Waals surface area contributed by atoms with Gasteiger partial charge in [-0.05, 0) is 116 Å². The molecule has 0 aromatic carbocycles. The molecule has 6 heteroatoms. The number of hydrogen-bond acceptors (Lipinski definition) is 6. The van der Waals surface area contributed by atoms with Crippen molar-refractivity contribution in [2.75, 3.05) is 13.2 Å². The van der Waals surface area contributed by atoms with Gasteiger partial charge in [0.15, 0.2) is 6.10 Å². The maximum absolute atomic E-state index is 13.0. The summed E-state index contributed by atoms with van der Waals surface area (Å²) in [5.41, 5.74) is 0. The van der Waals surface area contributed by atoms with Crippen LogP contribution in [0.2, 0.25) is 0 Å². The molecule has 0 aliphatic heterocycles. The van der Waals surface area contributed by atoms with Gasteiger partial charge in [-0.25, -0.2) is 0 Å². The van der Waals surface area contributed by atoms with Gasteiger partial charge in [-0.1, -0.05) is 317 Å². The zero-order chi connectivity index (χ0) is 59.9. The summed E-state index contributed by atoms with van der Waals surface area (Å²) in [7, 11) is 0. The molecule has 83 heavy (non-hydrogen) atoms. The maximum atomic E-state index is 13.0. The lowest BCUT2D eigenvalue weighted by atomic mass is 10.0. The van der Waals surface area contributed by atoms with Crippen LogP contribution in [-0.4, -0.2) is 37.2 Å². The Labute approximate surface area is 515 Å². The van der Waals surface area contributed by atoms with Gasteiger partial charge in [0.1, 0.15) is 13.2 Å². The zero-order valence-electron chi connectivity index (χ0n) is 54.9. The second-order valence-electron chi connectivity index (χ2n) is 23.7. The molecular weight excluding hydrogens is 1020 g/mol. The van der Waals surface area contributed by atoms with Crippen molar-refractivity contribution >= 4 is 17.9 Å². The van der Waals surface area contributed by atoms with Gasteiger partial charge in [-0.3, -0.25) is 14.4 Å². The lowest BCUT2D eigenvalue weighted by Crippen LogP contribution is -2.30. The monoisotopic (exact) mass is 1160 g/mol. The first-order valence-electron chi connectivity index (χ1n) is 35.7. The van der Waals surface area contributed by atoms with E-state index in [0.29, 0.717) is 19.3 Å². The molecular formula is C77H134O6. The van der Waals surface area contributed by atoms with Crippen LogP contribution in [0.3, 0.4) is 0 Å². The topological polar surface area (TPSA) is 78.9 Å². The summed E-state index contributed by atoms with van der Waals surface area (Å²) in [4.78, 5) is 38.4. The van der Waals surface area contributed by atoms with Crippen molar-refractivity contribution in [1.82, 2.24) is 0 Å². The number of ether oxygens (including phenoxy) is 3. The molecule has 0 aliphatic rings. The van der Waals surface area contributed by atoms with Crippen molar-refractivity contribution in [3.8, 4) is 0 Å². The maximum Gasteiger partial charge on any atom is 0.306 e. The number of rotatable bonds is 65. The number of allylic oxidation sites excluding steroid dienone is 16. The molecule has 1 unspecified atom stereocenters. The van der Waals surface area contributed by atoms with Crippen molar-refractivity contribution in [3.05, 3.63) is 97.2 Å². The summed E-state index contributed by atoms with van der Waals surface area (Å²) >= 11 is 0. The zero-order valence-corrected chi connectivity index (χ0v) is 54.9. The number of carbonyl (C=O) groups excluding carboxylic acids is 3. The Morgan fingerprint density at radius 1 is 0.253 bits per heavy atom. The molecule has 0 fully saturated rings. The Bertz CT molecular complexity index is 1610. The van der Waals surface area contributed by atoms with Crippen LogP contribution >= 0.6 is 0 Å². The first-order valence-corrected chi connectivity index (χ1v) is 35.7. The summed E-state index contributed by atoms with van der Waals surface area (Å²) in [6.07, 6.45) is 95.8. The predicted molar refractivity (Wildman–Crippen MR) is 362 cm³/mol. The van der Waals surface area contributed by atoms with Crippen LogP contribution in [0.1, 0.15) is 355 Å². The smallest absolute Gasteiger partial charge is 0.306 e. The van der Waals surface area contributed by atoms with Gasteiger partial charge in [0.2, 0.25) is 0 Å². The van der Waals surface area contributed by atoms with E-state index >= 15 is 0 Å². The van der Waals surface area contributed by atoms with Crippen LogP contribution in [0, 0.1) is 0 Å². The average Bonchev–Trinajstić information content (AvgIpc) is 3.49. The number of esters is 3. The number of unbranched alkanes of at least 4 members (excludes halogenated alkanes) is 38. The molecule has 0 aromatic heterocycles. The Morgan fingerprint density at radius 3 is 0.747 bits per heavy atom. The van der Waals surface area contributed by atoms with E-state index in [1.54, 1.807) is 0 Å². The Kier molecular flexibility index (Phi) is 67.7. The highest BCUT2D eigenvalue weighted by Crippen LogP contribution is 2.18. The summed E-state index contributed by atoms with van der Waals surface area (Å²) in [6, 6.07) is 0. The lowest BCUT2D eigenvalue weighted by molar-refractivity contribution is -0.167. The van der Waals surface area contributed by atoms with Crippen molar-refractivity contribution < 1.29 is 28.6 Å². The van der Waals surface area contributed by atoms with Crippen LogP contribution in [-0.2, 0) is 28.6 Å². The van der Waals surface area contributed by atoms with E-state index in [0.717, 1.165) is 122 Å². The van der Waals surface area contributed by atoms with Crippen molar-refractivity contribution in [2.24, 2.45) is 0 Å². The molecule has 6 nitrogen and oxygen atoms in total. The van der Waals surface area contributed by atoms with E-state index in [2.05, 4.69) is 118 Å². The molecule has 0 amide bonds. The molecule has 0 saturated heterocycles. The molecule has 0 rings (SSSR count). The van der Waals surface area contributed by atoms with E-state index in [9.17, 15) is 14.4 Å². The van der Waals surface area contributed by atoms with Gasteiger partial charge >= 0.3 is 17.9 Å².